The number of carbonyl (C=O) groups excluding carboxylic acids is 1. The van der Waals surface area contributed by atoms with Gasteiger partial charge in [-0.15, -0.1) is 0 Å². The van der Waals surface area contributed by atoms with Crippen molar-refractivity contribution >= 4 is 11.8 Å². The van der Waals surface area contributed by atoms with Gasteiger partial charge in [0.05, 0.1) is 0 Å². The first kappa shape index (κ1) is 12.6. The van der Waals surface area contributed by atoms with Gasteiger partial charge in [0.15, 0.2) is 0 Å². The molecule has 0 aromatic heterocycles. The first-order valence-corrected chi connectivity index (χ1v) is 2.45. The Kier molecular flexibility index (Phi) is 5.38. The smallest absolute Gasteiger partial charge is 0.449 e. The molecule has 1 N–H and O–H groups in total. The number of ketones is 1. The Hall–Kier alpha value is -1.07. The van der Waals surface area contributed by atoms with E-state index in [1.54, 1.807) is 0 Å². The molecule has 0 unspecified atom stereocenters. The molecule has 0 amide bonds. The van der Waals surface area contributed by atoms with Crippen LogP contribution in [0.3, 0.4) is 0 Å². The lowest BCUT2D eigenvalue weighted by Crippen LogP contribution is -2.18. The fourth-order valence-corrected chi connectivity index (χ4v) is 0. The van der Waals surface area contributed by atoms with Crippen molar-refractivity contribution in [2.75, 3.05) is 0 Å². The van der Waals surface area contributed by atoms with Crippen molar-refractivity contribution in [1.29, 1.82) is 0 Å². The van der Waals surface area contributed by atoms with E-state index in [4.69, 9.17) is 9.90 Å². The zero-order valence-corrected chi connectivity index (χ0v) is 5.90. The second kappa shape index (κ2) is 4.70. The molecule has 11 heavy (non-hydrogen) atoms. The SMILES string of the molecule is CC(=O)C(F)(F)F.CC(=O)O. The number of carboxylic acid groups (broad SMARTS) is 1. The van der Waals surface area contributed by atoms with Gasteiger partial charge >= 0.3 is 6.18 Å². The minimum Gasteiger partial charge on any atom is -0.481 e. The quantitative estimate of drug-likeness (QED) is 0.597. The zero-order chi connectivity index (χ0) is 9.65. The van der Waals surface area contributed by atoms with Crippen LogP contribution in [-0.2, 0) is 9.59 Å². The molecule has 0 saturated heterocycles. The summed E-state index contributed by atoms with van der Waals surface area (Å²) in [5.41, 5.74) is 0. The molecule has 0 saturated carbocycles. The Labute approximate surface area is 60.8 Å². The lowest BCUT2D eigenvalue weighted by molar-refractivity contribution is -0.168. The Morgan fingerprint density at radius 1 is 1.18 bits per heavy atom. The number of alkyl halides is 3. The average Bonchev–Trinajstić information content (AvgIpc) is 1.59. The van der Waals surface area contributed by atoms with Gasteiger partial charge in [0.2, 0.25) is 5.78 Å². The molecule has 0 aliphatic heterocycles. The maximum absolute atomic E-state index is 10.8. The monoisotopic (exact) mass is 172 g/mol. The lowest BCUT2D eigenvalue weighted by Gasteiger charge is -1.95. The van der Waals surface area contributed by atoms with E-state index < -0.39 is 17.9 Å². The van der Waals surface area contributed by atoms with E-state index in [1.165, 1.54) is 0 Å². The number of hydrogen-bond donors (Lipinski definition) is 1. The molecule has 0 spiro atoms. The van der Waals surface area contributed by atoms with Crippen LogP contribution in [0.1, 0.15) is 13.8 Å². The third kappa shape index (κ3) is 17.6. The fourth-order valence-electron chi connectivity index (χ4n) is 0. The molecule has 0 aromatic carbocycles. The van der Waals surface area contributed by atoms with Crippen LogP contribution in [0.5, 0.6) is 0 Å². The van der Waals surface area contributed by atoms with Crippen LogP contribution in [0.15, 0.2) is 0 Å². The van der Waals surface area contributed by atoms with E-state index >= 15 is 0 Å². The van der Waals surface area contributed by atoms with E-state index in [9.17, 15) is 18.0 Å². The molecular formula is C5H7F3O3. The second-order valence-electron chi connectivity index (χ2n) is 1.57. The standard InChI is InChI=1S/C3H3F3O.C2H4O2/c1-2(7)3(4,5)6;1-2(3)4/h1H3;1H3,(H,3,4). The summed E-state index contributed by atoms with van der Waals surface area (Å²) >= 11 is 0. The van der Waals surface area contributed by atoms with Gasteiger partial charge in [0, 0.05) is 13.8 Å². The van der Waals surface area contributed by atoms with Gasteiger partial charge in [0.1, 0.15) is 0 Å². The van der Waals surface area contributed by atoms with E-state index in [1.807, 2.05) is 0 Å². The number of halogens is 3. The minimum absolute atomic E-state index is 0.486. The molecule has 0 heterocycles. The normalized spacial score (nSPS) is 9.55. The summed E-state index contributed by atoms with van der Waals surface area (Å²) in [6.45, 7) is 1.57. The summed E-state index contributed by atoms with van der Waals surface area (Å²) in [6, 6.07) is 0. The second-order valence-corrected chi connectivity index (χ2v) is 1.57. The maximum atomic E-state index is 10.8. The Bertz CT molecular complexity index is 146. The van der Waals surface area contributed by atoms with Gasteiger partial charge in [0.25, 0.3) is 5.97 Å². The van der Waals surface area contributed by atoms with Crippen molar-refractivity contribution in [2.45, 2.75) is 20.0 Å². The minimum atomic E-state index is -4.64. The van der Waals surface area contributed by atoms with Crippen molar-refractivity contribution in [3.8, 4) is 0 Å². The lowest BCUT2D eigenvalue weighted by atomic mass is 10.5. The molecule has 0 fully saturated rings. The van der Waals surface area contributed by atoms with Gasteiger partial charge < -0.3 is 5.11 Å². The molecule has 0 rings (SSSR count). The van der Waals surface area contributed by atoms with Gasteiger partial charge in [-0.3, -0.25) is 9.59 Å². The molecule has 0 aliphatic rings. The van der Waals surface area contributed by atoms with E-state index in [0.717, 1.165) is 6.92 Å². The number of carbonyl (C=O) groups is 2. The molecule has 0 bridgehead atoms. The number of carboxylic acids is 1. The molecule has 0 radical (unpaired) electrons. The van der Waals surface area contributed by atoms with Crippen LogP contribution in [0.2, 0.25) is 0 Å². The highest BCUT2D eigenvalue weighted by molar-refractivity contribution is 5.81. The highest BCUT2D eigenvalue weighted by atomic mass is 19.4. The summed E-state index contributed by atoms with van der Waals surface area (Å²) < 4.78 is 32.5. The van der Waals surface area contributed by atoms with Crippen LogP contribution >= 0.6 is 0 Å². The zero-order valence-electron chi connectivity index (χ0n) is 5.90. The van der Waals surface area contributed by atoms with Gasteiger partial charge in [-0.05, 0) is 0 Å². The molecule has 3 nitrogen and oxygen atoms in total. The van der Waals surface area contributed by atoms with E-state index in [-0.39, 0.29) is 0 Å². The van der Waals surface area contributed by atoms with Crippen LogP contribution in [0.4, 0.5) is 13.2 Å². The predicted molar refractivity (Wildman–Crippen MR) is 30.0 cm³/mol. The number of rotatable bonds is 0. The van der Waals surface area contributed by atoms with Crippen molar-refractivity contribution in [1.82, 2.24) is 0 Å². The molecule has 0 aromatic rings. The van der Waals surface area contributed by atoms with Crippen LogP contribution < -0.4 is 0 Å². The van der Waals surface area contributed by atoms with Gasteiger partial charge in [-0.25, -0.2) is 0 Å². The Morgan fingerprint density at radius 3 is 1.27 bits per heavy atom. The Morgan fingerprint density at radius 2 is 1.27 bits per heavy atom. The molecule has 0 aliphatic carbocycles. The first-order valence-electron chi connectivity index (χ1n) is 2.45. The van der Waals surface area contributed by atoms with Crippen molar-refractivity contribution in [2.24, 2.45) is 0 Å². The Balaban J connectivity index is 0. The predicted octanol–water partition coefficient (Wildman–Crippen LogP) is 1.23. The van der Waals surface area contributed by atoms with Crippen molar-refractivity contribution < 1.29 is 27.9 Å². The summed E-state index contributed by atoms with van der Waals surface area (Å²) in [4.78, 5) is 18.3. The van der Waals surface area contributed by atoms with Crippen LogP contribution in [0.25, 0.3) is 0 Å². The third-order valence-electron chi connectivity index (χ3n) is 0.399. The third-order valence-corrected chi connectivity index (χ3v) is 0.399. The van der Waals surface area contributed by atoms with Crippen molar-refractivity contribution in [3.05, 3.63) is 0 Å². The van der Waals surface area contributed by atoms with E-state index in [0.29, 0.717) is 6.92 Å². The molecular weight excluding hydrogens is 165 g/mol. The van der Waals surface area contributed by atoms with Crippen LogP contribution in [-0.4, -0.2) is 23.0 Å². The summed E-state index contributed by atoms with van der Waals surface area (Å²) in [5, 5.41) is 7.42. The molecule has 66 valence electrons. The van der Waals surface area contributed by atoms with Crippen LogP contribution in [0, 0.1) is 0 Å². The summed E-state index contributed by atoms with van der Waals surface area (Å²) in [5.74, 6) is -2.59. The number of Topliss-reactive ketones (excluding diaryl/α,β-unsaturated/α-hetero) is 1. The van der Waals surface area contributed by atoms with E-state index in [2.05, 4.69) is 0 Å². The van der Waals surface area contributed by atoms with Gasteiger partial charge in [-0.2, -0.15) is 13.2 Å². The largest absolute Gasteiger partial charge is 0.481 e. The van der Waals surface area contributed by atoms with Crippen molar-refractivity contribution in [3.63, 3.8) is 0 Å². The first-order chi connectivity index (χ1) is 4.68. The molecule has 6 heteroatoms. The number of aliphatic carboxylic acids is 1. The summed E-state index contributed by atoms with van der Waals surface area (Å²) in [7, 11) is 0. The fraction of sp³-hybridized carbons (Fsp3) is 0.600. The number of hydrogen-bond acceptors (Lipinski definition) is 2. The average molecular weight is 172 g/mol. The maximum Gasteiger partial charge on any atom is 0.449 e. The summed E-state index contributed by atoms with van der Waals surface area (Å²) in [6.07, 6.45) is -4.64. The molecule has 0 atom stereocenters. The van der Waals surface area contributed by atoms with Gasteiger partial charge in [-0.1, -0.05) is 0 Å². The highest BCUT2D eigenvalue weighted by Crippen LogP contribution is 2.14. The topological polar surface area (TPSA) is 54.4 Å². The highest BCUT2D eigenvalue weighted by Gasteiger charge is 2.33.